The van der Waals surface area contributed by atoms with Crippen LogP contribution in [0.5, 0.6) is 5.75 Å². The highest BCUT2D eigenvalue weighted by molar-refractivity contribution is 7.88. The van der Waals surface area contributed by atoms with Crippen LogP contribution in [0.3, 0.4) is 0 Å². The van der Waals surface area contributed by atoms with E-state index in [-0.39, 0.29) is 29.0 Å². The van der Waals surface area contributed by atoms with Gasteiger partial charge in [-0.05, 0) is 49.9 Å². The first-order valence-electron chi connectivity index (χ1n) is 12.7. The smallest absolute Gasteiger partial charge is 0.352 e. The van der Waals surface area contributed by atoms with Crippen molar-refractivity contribution in [2.75, 3.05) is 31.6 Å². The minimum atomic E-state index is -3.38. The van der Waals surface area contributed by atoms with Gasteiger partial charge in [0.25, 0.3) is 0 Å². The maximum Gasteiger partial charge on any atom is 0.352 e. The lowest BCUT2D eigenvalue weighted by Crippen LogP contribution is -2.42. The summed E-state index contributed by atoms with van der Waals surface area (Å²) in [6, 6.07) is 17.0. The van der Waals surface area contributed by atoms with Crippen molar-refractivity contribution in [3.63, 3.8) is 0 Å². The van der Waals surface area contributed by atoms with Gasteiger partial charge in [-0.3, -0.25) is 0 Å². The molecule has 39 heavy (non-hydrogen) atoms. The van der Waals surface area contributed by atoms with Gasteiger partial charge in [0.1, 0.15) is 5.75 Å². The number of hydrogen-bond donors (Lipinski definition) is 2. The van der Waals surface area contributed by atoms with Crippen LogP contribution in [0.15, 0.2) is 54.6 Å². The molecule has 1 fully saturated rings. The fourth-order valence-electron chi connectivity index (χ4n) is 4.55. The number of esters is 1. The molecule has 2 N–H and O–H groups in total. The number of piperidine rings is 1. The lowest BCUT2D eigenvalue weighted by molar-refractivity contribution is -0.139. The maximum atomic E-state index is 12.9. The Labute approximate surface area is 232 Å². The largest absolute Gasteiger partial charge is 0.480 e. The lowest BCUT2D eigenvalue weighted by Gasteiger charge is -2.32. The third-order valence-electron chi connectivity index (χ3n) is 6.43. The second kappa shape index (κ2) is 12.6. The summed E-state index contributed by atoms with van der Waals surface area (Å²) < 4.78 is 38.0. The van der Waals surface area contributed by atoms with Crippen molar-refractivity contribution in [2.24, 2.45) is 0 Å². The monoisotopic (exact) mass is 572 g/mol. The molecule has 1 aromatic heterocycles. The number of ether oxygens (including phenoxy) is 2. The second-order valence-corrected chi connectivity index (χ2v) is 12.2. The molecule has 0 amide bonds. The molecule has 11 heteroatoms. The Hall–Kier alpha value is -3.41. The van der Waals surface area contributed by atoms with Gasteiger partial charge in [-0.2, -0.15) is 0 Å². The summed E-state index contributed by atoms with van der Waals surface area (Å²) in [5, 5.41) is 12.6. The van der Waals surface area contributed by atoms with Gasteiger partial charge < -0.3 is 19.9 Å². The second-order valence-electron chi connectivity index (χ2n) is 9.26. The quantitative estimate of drug-likeness (QED) is 0.315. The number of carbonyl (C=O) groups is 2. The Morgan fingerprint density at radius 3 is 2.49 bits per heavy atom. The molecule has 1 aliphatic heterocycles. The van der Waals surface area contributed by atoms with Gasteiger partial charge in [-0.25, -0.2) is 22.3 Å². The average Bonchev–Trinajstić information content (AvgIpc) is 3.24. The Balaban J connectivity index is 1.45. The van der Waals surface area contributed by atoms with E-state index in [1.807, 2.05) is 54.6 Å². The van der Waals surface area contributed by atoms with Crippen LogP contribution in [0, 0.1) is 6.92 Å². The number of sulfonamides is 1. The number of carboxylic acids is 1. The van der Waals surface area contributed by atoms with Crippen LogP contribution >= 0.6 is 11.3 Å². The zero-order chi connectivity index (χ0) is 28.0. The zero-order valence-electron chi connectivity index (χ0n) is 21.9. The van der Waals surface area contributed by atoms with Crippen LogP contribution in [0.2, 0.25) is 0 Å². The summed E-state index contributed by atoms with van der Waals surface area (Å²) in [6.45, 7) is 4.01. The first-order chi connectivity index (χ1) is 18.7. The van der Waals surface area contributed by atoms with Crippen molar-refractivity contribution < 1.29 is 32.6 Å². The summed E-state index contributed by atoms with van der Waals surface area (Å²) in [5.41, 5.74) is 3.16. The fraction of sp³-hybridized carbons (Fsp3) is 0.357. The number of nitrogens with one attached hydrogen (secondary N) is 1. The number of nitrogens with zero attached hydrogens (tertiary/aromatic N) is 1. The van der Waals surface area contributed by atoms with Gasteiger partial charge in [0.05, 0.1) is 12.4 Å². The number of carboxylic acid groups (broad SMARTS) is 1. The third kappa shape index (κ3) is 7.17. The van der Waals surface area contributed by atoms with Crippen LogP contribution in [-0.4, -0.2) is 62.1 Å². The average molecular weight is 573 g/mol. The molecule has 0 spiro atoms. The Morgan fingerprint density at radius 2 is 1.82 bits per heavy atom. The van der Waals surface area contributed by atoms with Crippen LogP contribution in [0.25, 0.3) is 10.4 Å². The Morgan fingerprint density at radius 1 is 1.10 bits per heavy atom. The van der Waals surface area contributed by atoms with Crippen molar-refractivity contribution in [2.45, 2.75) is 38.5 Å². The first-order valence-corrected chi connectivity index (χ1v) is 15.1. The van der Waals surface area contributed by atoms with Crippen LogP contribution < -0.4 is 10.1 Å². The summed E-state index contributed by atoms with van der Waals surface area (Å²) >= 11 is 1.20. The normalized spacial score (nSPS) is 14.6. The fourth-order valence-corrected chi connectivity index (χ4v) is 7.26. The summed E-state index contributed by atoms with van der Waals surface area (Å²) in [4.78, 5) is 24.6. The molecule has 0 bridgehead atoms. The highest BCUT2D eigenvalue weighted by Crippen LogP contribution is 2.42. The number of anilines is 1. The number of carbonyl (C=O) groups excluding carboxylic acids is 1. The molecule has 208 valence electrons. The zero-order valence-corrected chi connectivity index (χ0v) is 23.5. The number of thiophene rings is 1. The Bertz CT molecular complexity index is 1410. The van der Waals surface area contributed by atoms with E-state index in [2.05, 4.69) is 5.32 Å². The summed E-state index contributed by atoms with van der Waals surface area (Å²) in [7, 11) is -3.38. The van der Waals surface area contributed by atoms with Gasteiger partial charge in [0.2, 0.25) is 10.0 Å². The molecule has 0 unspecified atom stereocenters. The van der Waals surface area contributed by atoms with Crippen molar-refractivity contribution in [1.82, 2.24) is 4.31 Å². The number of rotatable bonds is 11. The van der Waals surface area contributed by atoms with Gasteiger partial charge in [-0.1, -0.05) is 42.5 Å². The number of hydrogen-bond acceptors (Lipinski definition) is 8. The predicted molar refractivity (Wildman–Crippen MR) is 151 cm³/mol. The van der Waals surface area contributed by atoms with E-state index in [0.29, 0.717) is 31.5 Å². The molecule has 1 saturated heterocycles. The van der Waals surface area contributed by atoms with E-state index >= 15 is 0 Å². The third-order valence-corrected chi connectivity index (χ3v) is 9.58. The van der Waals surface area contributed by atoms with E-state index in [1.165, 1.54) is 11.3 Å². The van der Waals surface area contributed by atoms with E-state index in [9.17, 15) is 18.0 Å². The van der Waals surface area contributed by atoms with E-state index in [4.69, 9.17) is 14.6 Å². The van der Waals surface area contributed by atoms with Gasteiger partial charge in [0, 0.05) is 35.3 Å². The first kappa shape index (κ1) is 28.6. The highest BCUT2D eigenvalue weighted by atomic mass is 32.2. The molecule has 0 saturated carbocycles. The minimum absolute atomic E-state index is 0.0000989. The van der Waals surface area contributed by atoms with Crippen LogP contribution in [0.1, 0.15) is 40.6 Å². The molecule has 4 rings (SSSR count). The van der Waals surface area contributed by atoms with Gasteiger partial charge in [-0.15, -0.1) is 11.3 Å². The SMILES string of the molecule is CCOC(=O)c1sc(-c2cccc(NC3CCN(S(=O)(=O)Cc4ccccc4)CC3)c2)c(C)c1OCC(=O)O. The van der Waals surface area contributed by atoms with Gasteiger partial charge >= 0.3 is 11.9 Å². The molecule has 3 aromatic rings. The maximum absolute atomic E-state index is 12.9. The standard InChI is InChI=1S/C28H32N2O7S2/c1-3-36-28(33)27-25(37-17-24(31)32)19(2)26(38-27)21-10-7-11-23(16-21)29-22-12-14-30(15-13-22)39(34,35)18-20-8-5-4-6-9-20/h4-11,16,22,29H,3,12-15,17-18H2,1-2H3,(H,31,32). The minimum Gasteiger partial charge on any atom is -0.480 e. The number of aliphatic carboxylic acids is 1. The molecular formula is C28H32N2O7S2. The summed E-state index contributed by atoms with van der Waals surface area (Å²) in [6.07, 6.45) is 1.35. The molecular weight excluding hydrogens is 540 g/mol. The molecule has 0 radical (unpaired) electrons. The molecule has 2 heterocycles. The summed E-state index contributed by atoms with van der Waals surface area (Å²) in [5.74, 6) is -1.47. The van der Waals surface area contributed by atoms with Crippen molar-refractivity contribution in [3.05, 3.63) is 70.6 Å². The number of benzene rings is 2. The van der Waals surface area contributed by atoms with Gasteiger partial charge in [0.15, 0.2) is 11.5 Å². The van der Waals surface area contributed by atoms with Crippen molar-refractivity contribution in [3.8, 4) is 16.2 Å². The Kier molecular flexibility index (Phi) is 9.26. The predicted octanol–water partition coefficient (Wildman–Crippen LogP) is 4.77. The molecule has 0 aliphatic carbocycles. The topological polar surface area (TPSA) is 122 Å². The van der Waals surface area contributed by atoms with Crippen LogP contribution in [0.4, 0.5) is 5.69 Å². The lowest BCUT2D eigenvalue weighted by atomic mass is 10.0. The molecule has 9 nitrogen and oxygen atoms in total. The van der Waals surface area contributed by atoms with Crippen molar-refractivity contribution >= 4 is 39.0 Å². The van der Waals surface area contributed by atoms with Crippen molar-refractivity contribution in [1.29, 1.82) is 0 Å². The van der Waals surface area contributed by atoms with Crippen LogP contribution in [-0.2, 0) is 25.3 Å². The molecule has 1 aliphatic rings. The highest BCUT2D eigenvalue weighted by Gasteiger charge is 2.28. The van der Waals surface area contributed by atoms with E-state index in [0.717, 1.165) is 21.7 Å². The van der Waals surface area contributed by atoms with E-state index in [1.54, 1.807) is 18.2 Å². The molecule has 0 atom stereocenters. The molecule has 2 aromatic carbocycles. The van der Waals surface area contributed by atoms with E-state index < -0.39 is 28.6 Å².